The highest BCUT2D eigenvalue weighted by molar-refractivity contribution is 5.71. The van der Waals surface area contributed by atoms with E-state index in [4.69, 9.17) is 9.57 Å². The molecule has 0 saturated carbocycles. The third-order valence-corrected chi connectivity index (χ3v) is 1.90. The monoisotopic (exact) mass is 255 g/mol. The smallest absolute Gasteiger partial charge is 0.334 e. The maximum absolute atomic E-state index is 12.6. The van der Waals surface area contributed by atoms with Crippen LogP contribution in [0.1, 0.15) is 26.3 Å². The van der Waals surface area contributed by atoms with Crippen LogP contribution in [0.25, 0.3) is 0 Å². The van der Waals surface area contributed by atoms with Gasteiger partial charge in [0.05, 0.1) is 0 Å². The Balaban J connectivity index is 2.19. The summed E-state index contributed by atoms with van der Waals surface area (Å²) >= 11 is 0. The van der Waals surface area contributed by atoms with Crippen molar-refractivity contribution in [1.82, 2.24) is 5.48 Å². The number of carbonyl (C=O) groups excluding carboxylic acids is 1. The van der Waals surface area contributed by atoms with Crippen molar-refractivity contribution in [3.63, 3.8) is 0 Å². The second-order valence-corrected chi connectivity index (χ2v) is 4.82. The second kappa shape index (κ2) is 6.47. The van der Waals surface area contributed by atoms with Crippen molar-refractivity contribution >= 4 is 5.97 Å². The highest BCUT2D eigenvalue weighted by Gasteiger charge is 2.15. The molecule has 0 radical (unpaired) electrons. The average Bonchev–Trinajstić information content (AvgIpc) is 2.24. The predicted molar refractivity (Wildman–Crippen MR) is 65.0 cm³/mol. The van der Waals surface area contributed by atoms with Crippen LogP contribution in [0, 0.1) is 5.82 Å². The minimum Gasteiger partial charge on any atom is -0.458 e. The van der Waals surface area contributed by atoms with Crippen LogP contribution in [0.5, 0.6) is 0 Å². The van der Waals surface area contributed by atoms with Crippen molar-refractivity contribution in [3.05, 3.63) is 35.6 Å². The van der Waals surface area contributed by atoms with E-state index in [0.29, 0.717) is 6.54 Å². The van der Waals surface area contributed by atoms with E-state index in [1.165, 1.54) is 12.1 Å². The molecular formula is C13H18FNO3. The van der Waals surface area contributed by atoms with Crippen LogP contribution < -0.4 is 5.48 Å². The molecule has 0 aliphatic rings. The van der Waals surface area contributed by atoms with Crippen molar-refractivity contribution in [3.8, 4) is 0 Å². The van der Waals surface area contributed by atoms with Crippen molar-refractivity contribution < 1.29 is 18.8 Å². The quantitative estimate of drug-likeness (QED) is 0.498. The van der Waals surface area contributed by atoms with E-state index < -0.39 is 11.6 Å². The second-order valence-electron chi connectivity index (χ2n) is 4.82. The van der Waals surface area contributed by atoms with E-state index in [2.05, 4.69) is 5.48 Å². The average molecular weight is 255 g/mol. The lowest BCUT2D eigenvalue weighted by atomic mass is 10.2. The third-order valence-electron chi connectivity index (χ3n) is 1.90. The molecule has 100 valence electrons. The van der Waals surface area contributed by atoms with Crippen LogP contribution in [0.2, 0.25) is 0 Å². The molecule has 1 N–H and O–H groups in total. The van der Waals surface area contributed by atoms with Crippen LogP contribution in [0.15, 0.2) is 24.3 Å². The molecule has 18 heavy (non-hydrogen) atoms. The molecule has 0 aliphatic heterocycles. The van der Waals surface area contributed by atoms with Gasteiger partial charge in [0.1, 0.15) is 11.4 Å². The summed E-state index contributed by atoms with van der Waals surface area (Å²) in [6, 6.07) is 6.01. The molecule has 0 aliphatic carbocycles. The SMILES string of the molecule is CC(C)(C)OC(=O)CONCc1ccc(F)cc1. The highest BCUT2D eigenvalue weighted by Crippen LogP contribution is 2.06. The molecule has 1 rings (SSSR count). The van der Waals surface area contributed by atoms with Gasteiger partial charge in [0, 0.05) is 6.54 Å². The third kappa shape index (κ3) is 6.32. The molecule has 0 heterocycles. The lowest BCUT2D eigenvalue weighted by molar-refractivity contribution is -0.163. The normalized spacial score (nSPS) is 11.3. The van der Waals surface area contributed by atoms with Crippen LogP contribution in [0.3, 0.4) is 0 Å². The molecule has 0 atom stereocenters. The van der Waals surface area contributed by atoms with Gasteiger partial charge in [0.25, 0.3) is 0 Å². The number of rotatable bonds is 5. The minimum absolute atomic E-state index is 0.168. The molecule has 0 aromatic heterocycles. The number of benzene rings is 1. The molecule has 0 amide bonds. The first kappa shape index (κ1) is 14.6. The minimum atomic E-state index is -0.516. The molecule has 1 aromatic rings. The molecule has 0 spiro atoms. The summed E-state index contributed by atoms with van der Waals surface area (Å²) in [5, 5.41) is 0. The van der Waals surface area contributed by atoms with Crippen molar-refractivity contribution in [2.24, 2.45) is 0 Å². The van der Waals surface area contributed by atoms with E-state index in [0.717, 1.165) is 5.56 Å². The molecule has 0 fully saturated rings. The van der Waals surface area contributed by atoms with Gasteiger partial charge in [-0.15, -0.1) is 0 Å². The highest BCUT2D eigenvalue weighted by atomic mass is 19.1. The van der Waals surface area contributed by atoms with Crippen LogP contribution in [-0.4, -0.2) is 18.2 Å². The summed E-state index contributed by atoms with van der Waals surface area (Å²) in [4.78, 5) is 16.2. The zero-order chi connectivity index (χ0) is 13.6. The van der Waals surface area contributed by atoms with Crippen molar-refractivity contribution in [2.45, 2.75) is 32.9 Å². The van der Waals surface area contributed by atoms with E-state index in [1.54, 1.807) is 32.9 Å². The van der Waals surface area contributed by atoms with E-state index in [9.17, 15) is 9.18 Å². The summed E-state index contributed by atoms with van der Waals surface area (Å²) in [5.41, 5.74) is 2.96. The zero-order valence-electron chi connectivity index (χ0n) is 10.8. The standard InChI is InChI=1S/C13H18FNO3/c1-13(2,3)18-12(16)9-17-15-8-10-4-6-11(14)7-5-10/h4-7,15H,8-9H2,1-3H3. The van der Waals surface area contributed by atoms with Gasteiger partial charge in [-0.1, -0.05) is 12.1 Å². The Labute approximate surface area is 106 Å². The molecule has 0 bridgehead atoms. The molecule has 4 nitrogen and oxygen atoms in total. The summed E-state index contributed by atoms with van der Waals surface area (Å²) in [7, 11) is 0. The lowest BCUT2D eigenvalue weighted by Gasteiger charge is -2.19. The number of ether oxygens (including phenoxy) is 1. The topological polar surface area (TPSA) is 47.6 Å². The van der Waals surface area contributed by atoms with Crippen LogP contribution in [0.4, 0.5) is 4.39 Å². The summed E-state index contributed by atoms with van der Waals surface area (Å²) in [6.07, 6.45) is 0. The van der Waals surface area contributed by atoms with Gasteiger partial charge in [0.2, 0.25) is 0 Å². The summed E-state index contributed by atoms with van der Waals surface area (Å²) in [6.45, 7) is 5.59. The Kier molecular flexibility index (Phi) is 5.25. The Morgan fingerprint density at radius 1 is 1.28 bits per heavy atom. The van der Waals surface area contributed by atoms with Crippen LogP contribution >= 0.6 is 0 Å². The van der Waals surface area contributed by atoms with E-state index in [-0.39, 0.29) is 12.4 Å². The maximum Gasteiger partial charge on any atom is 0.334 e. The predicted octanol–water partition coefficient (Wildman–Crippen LogP) is 2.19. The largest absolute Gasteiger partial charge is 0.458 e. The van der Waals surface area contributed by atoms with Gasteiger partial charge in [-0.2, -0.15) is 5.48 Å². The number of carbonyl (C=O) groups is 1. The number of esters is 1. The van der Waals surface area contributed by atoms with Gasteiger partial charge >= 0.3 is 5.97 Å². The number of hydrogen-bond donors (Lipinski definition) is 1. The van der Waals surface area contributed by atoms with Crippen molar-refractivity contribution in [1.29, 1.82) is 0 Å². The summed E-state index contributed by atoms with van der Waals surface area (Å²) < 4.78 is 17.7. The molecular weight excluding hydrogens is 237 g/mol. The van der Waals surface area contributed by atoms with Crippen LogP contribution in [-0.2, 0) is 20.9 Å². The summed E-state index contributed by atoms with van der Waals surface area (Å²) in [5.74, 6) is -0.720. The molecule has 0 saturated heterocycles. The number of nitrogens with one attached hydrogen (secondary N) is 1. The van der Waals surface area contributed by atoms with E-state index in [1.807, 2.05) is 0 Å². The molecule has 1 aromatic carbocycles. The molecule has 0 unspecified atom stereocenters. The molecule has 5 heteroatoms. The number of hydrogen-bond acceptors (Lipinski definition) is 4. The number of hydroxylamine groups is 1. The van der Waals surface area contributed by atoms with Gasteiger partial charge in [0.15, 0.2) is 6.61 Å². The van der Waals surface area contributed by atoms with Gasteiger partial charge in [-0.05, 0) is 38.5 Å². The Morgan fingerprint density at radius 2 is 1.89 bits per heavy atom. The van der Waals surface area contributed by atoms with Gasteiger partial charge in [-0.25, -0.2) is 9.18 Å². The Bertz CT molecular complexity index is 384. The zero-order valence-corrected chi connectivity index (χ0v) is 10.8. The van der Waals surface area contributed by atoms with Gasteiger partial charge in [-0.3, -0.25) is 4.84 Å². The fourth-order valence-corrected chi connectivity index (χ4v) is 1.22. The first-order valence-corrected chi connectivity index (χ1v) is 5.68. The Hall–Kier alpha value is -1.46. The maximum atomic E-state index is 12.6. The fourth-order valence-electron chi connectivity index (χ4n) is 1.22. The number of halogens is 1. The fraction of sp³-hybridized carbons (Fsp3) is 0.462. The first-order valence-electron chi connectivity index (χ1n) is 5.68. The van der Waals surface area contributed by atoms with Gasteiger partial charge < -0.3 is 4.74 Å². The lowest BCUT2D eigenvalue weighted by Crippen LogP contribution is -2.28. The van der Waals surface area contributed by atoms with E-state index >= 15 is 0 Å². The first-order chi connectivity index (χ1) is 8.37. The Morgan fingerprint density at radius 3 is 2.44 bits per heavy atom. The van der Waals surface area contributed by atoms with Crippen molar-refractivity contribution in [2.75, 3.05) is 6.61 Å².